The van der Waals surface area contributed by atoms with Crippen LogP contribution in [0.1, 0.15) is 4.88 Å². The van der Waals surface area contributed by atoms with Gasteiger partial charge in [-0.3, -0.25) is 0 Å². The molecule has 0 saturated carbocycles. The average molecular weight is 230 g/mol. The van der Waals surface area contributed by atoms with Gasteiger partial charge >= 0.3 is 0 Å². The zero-order chi connectivity index (χ0) is 9.42. The molecule has 1 heterocycles. The Morgan fingerprint density at radius 2 is 2.23 bits per heavy atom. The molecule has 1 aromatic heterocycles. The van der Waals surface area contributed by atoms with E-state index in [4.69, 9.17) is 17.3 Å². The summed E-state index contributed by atoms with van der Waals surface area (Å²) in [6, 6.07) is 5.82. The number of thiophene rings is 1. The molecule has 1 nitrogen and oxygen atoms in total. The number of nitrogens with two attached hydrogens (primary N) is 1. The second-order valence-electron chi connectivity index (χ2n) is 2.76. The van der Waals surface area contributed by atoms with Crippen molar-refractivity contribution in [1.29, 1.82) is 0 Å². The highest BCUT2D eigenvalue weighted by Crippen LogP contribution is 2.35. The Labute approximate surface area is 90.9 Å². The van der Waals surface area contributed by atoms with E-state index in [1.807, 2.05) is 18.2 Å². The summed E-state index contributed by atoms with van der Waals surface area (Å²) in [5.74, 6) is 0.512. The lowest BCUT2D eigenvalue weighted by atomic mass is 10.2. The van der Waals surface area contributed by atoms with Gasteiger partial charge in [0.25, 0.3) is 0 Å². The zero-order valence-electron chi connectivity index (χ0n) is 6.75. The normalized spacial score (nSPS) is 10.9. The minimum atomic E-state index is 0.512. The molecule has 0 atom stereocenters. The van der Waals surface area contributed by atoms with Crippen molar-refractivity contribution in [2.45, 2.75) is 10.8 Å². The van der Waals surface area contributed by atoms with Crippen LogP contribution in [0.3, 0.4) is 0 Å². The third-order valence-electron chi connectivity index (χ3n) is 1.88. The zero-order valence-corrected chi connectivity index (χ0v) is 9.22. The van der Waals surface area contributed by atoms with Crippen molar-refractivity contribution in [3.63, 3.8) is 0 Å². The SMILES string of the molecule is Nc1ccc2c(S)c(CCl)sc2c1. The molecule has 1 aromatic carbocycles. The van der Waals surface area contributed by atoms with E-state index >= 15 is 0 Å². The lowest BCUT2D eigenvalue weighted by Gasteiger charge is -1.92. The van der Waals surface area contributed by atoms with E-state index < -0.39 is 0 Å². The van der Waals surface area contributed by atoms with Gasteiger partial charge in [-0.15, -0.1) is 35.6 Å². The Bertz CT molecular complexity index is 450. The molecule has 0 saturated heterocycles. The molecule has 0 fully saturated rings. The Morgan fingerprint density at radius 3 is 2.92 bits per heavy atom. The van der Waals surface area contributed by atoms with Gasteiger partial charge in [0.15, 0.2) is 0 Å². The summed E-state index contributed by atoms with van der Waals surface area (Å²) in [7, 11) is 0. The van der Waals surface area contributed by atoms with Crippen LogP contribution in [0.15, 0.2) is 23.1 Å². The van der Waals surface area contributed by atoms with Crippen LogP contribution in [-0.4, -0.2) is 0 Å². The van der Waals surface area contributed by atoms with Crippen molar-refractivity contribution < 1.29 is 0 Å². The lowest BCUT2D eigenvalue weighted by molar-refractivity contribution is 1.41. The van der Waals surface area contributed by atoms with Crippen LogP contribution in [0.25, 0.3) is 10.1 Å². The molecule has 13 heavy (non-hydrogen) atoms. The number of anilines is 1. The van der Waals surface area contributed by atoms with Crippen molar-refractivity contribution in [3.05, 3.63) is 23.1 Å². The van der Waals surface area contributed by atoms with Crippen LogP contribution >= 0.6 is 35.6 Å². The molecule has 2 aromatic rings. The minimum absolute atomic E-state index is 0.512. The molecule has 0 aliphatic carbocycles. The van der Waals surface area contributed by atoms with E-state index in [9.17, 15) is 0 Å². The quantitative estimate of drug-likeness (QED) is 0.437. The van der Waals surface area contributed by atoms with Crippen LogP contribution < -0.4 is 5.73 Å². The monoisotopic (exact) mass is 229 g/mol. The number of nitrogen functional groups attached to an aromatic ring is 1. The number of rotatable bonds is 1. The number of fused-ring (bicyclic) bond motifs is 1. The van der Waals surface area contributed by atoms with Gasteiger partial charge in [0.2, 0.25) is 0 Å². The van der Waals surface area contributed by atoms with Gasteiger partial charge in [-0.1, -0.05) is 6.07 Å². The van der Waals surface area contributed by atoms with Gasteiger partial charge in [0.05, 0.1) is 5.88 Å². The highest BCUT2D eigenvalue weighted by molar-refractivity contribution is 7.80. The van der Waals surface area contributed by atoms with Crippen molar-refractivity contribution in [3.8, 4) is 0 Å². The first-order chi connectivity index (χ1) is 6.22. The molecular formula is C9H8ClNS2. The van der Waals surface area contributed by atoms with E-state index in [2.05, 4.69) is 12.6 Å². The van der Waals surface area contributed by atoms with Crippen molar-refractivity contribution >= 4 is 51.3 Å². The molecule has 0 unspecified atom stereocenters. The Balaban J connectivity index is 2.76. The Hall–Kier alpha value is -0.380. The van der Waals surface area contributed by atoms with E-state index in [1.165, 1.54) is 0 Å². The molecular weight excluding hydrogens is 222 g/mol. The standard InChI is InChI=1S/C9H8ClNS2/c10-4-8-9(12)6-2-1-5(11)3-7(6)13-8/h1-3,12H,4,11H2. The third-order valence-corrected chi connectivity index (χ3v) is 4.12. The van der Waals surface area contributed by atoms with Crippen LogP contribution in [0.5, 0.6) is 0 Å². The number of hydrogen-bond acceptors (Lipinski definition) is 3. The maximum absolute atomic E-state index is 5.77. The van der Waals surface area contributed by atoms with E-state index in [0.717, 1.165) is 25.5 Å². The largest absolute Gasteiger partial charge is 0.399 e. The van der Waals surface area contributed by atoms with Gasteiger partial charge in [-0.25, -0.2) is 0 Å². The summed E-state index contributed by atoms with van der Waals surface area (Å²) in [5.41, 5.74) is 6.45. The highest BCUT2D eigenvalue weighted by Gasteiger charge is 2.07. The smallest absolute Gasteiger partial charge is 0.0579 e. The minimum Gasteiger partial charge on any atom is -0.399 e. The van der Waals surface area contributed by atoms with E-state index in [-0.39, 0.29) is 0 Å². The maximum atomic E-state index is 5.77. The lowest BCUT2D eigenvalue weighted by Crippen LogP contribution is -1.81. The van der Waals surface area contributed by atoms with Gasteiger partial charge < -0.3 is 5.73 Å². The molecule has 0 bridgehead atoms. The molecule has 0 aliphatic rings. The molecule has 0 aliphatic heterocycles. The van der Waals surface area contributed by atoms with Crippen molar-refractivity contribution in [2.75, 3.05) is 5.73 Å². The number of thiol groups is 1. The van der Waals surface area contributed by atoms with Gasteiger partial charge in [-0.05, 0) is 12.1 Å². The molecule has 68 valence electrons. The number of alkyl halides is 1. The predicted molar refractivity (Wildman–Crippen MR) is 63.0 cm³/mol. The maximum Gasteiger partial charge on any atom is 0.0579 e. The van der Waals surface area contributed by atoms with Gasteiger partial charge in [-0.2, -0.15) is 0 Å². The molecule has 0 radical (unpaired) electrons. The van der Waals surface area contributed by atoms with Gasteiger partial charge in [0.1, 0.15) is 0 Å². The number of hydrogen-bond donors (Lipinski definition) is 2. The Morgan fingerprint density at radius 1 is 1.46 bits per heavy atom. The number of halogens is 1. The topological polar surface area (TPSA) is 26.0 Å². The third kappa shape index (κ3) is 1.52. The molecule has 2 N–H and O–H groups in total. The summed E-state index contributed by atoms with van der Waals surface area (Å²) >= 11 is 11.8. The average Bonchev–Trinajstić information content (AvgIpc) is 2.42. The Kier molecular flexibility index (Phi) is 2.41. The highest BCUT2D eigenvalue weighted by atomic mass is 35.5. The summed E-state index contributed by atoms with van der Waals surface area (Å²) in [6.45, 7) is 0. The molecule has 4 heteroatoms. The second-order valence-corrected chi connectivity index (χ2v) is 4.61. The van der Waals surface area contributed by atoms with Gasteiger partial charge in [0, 0.05) is 25.5 Å². The summed E-state index contributed by atoms with van der Waals surface area (Å²) in [4.78, 5) is 2.08. The first-order valence-electron chi connectivity index (χ1n) is 3.78. The number of benzene rings is 1. The fourth-order valence-electron chi connectivity index (χ4n) is 1.24. The summed E-state index contributed by atoms with van der Waals surface area (Å²) in [6.07, 6.45) is 0. The van der Waals surface area contributed by atoms with Crippen molar-refractivity contribution in [1.82, 2.24) is 0 Å². The fourth-order valence-corrected chi connectivity index (χ4v) is 3.12. The molecule has 2 rings (SSSR count). The van der Waals surface area contributed by atoms with Crippen LogP contribution in [0.4, 0.5) is 5.69 Å². The van der Waals surface area contributed by atoms with E-state index in [1.54, 1.807) is 11.3 Å². The van der Waals surface area contributed by atoms with Crippen LogP contribution in [0.2, 0.25) is 0 Å². The molecule has 0 amide bonds. The van der Waals surface area contributed by atoms with Crippen molar-refractivity contribution in [2.24, 2.45) is 0 Å². The fraction of sp³-hybridized carbons (Fsp3) is 0.111. The van der Waals surface area contributed by atoms with Crippen LogP contribution in [0, 0.1) is 0 Å². The summed E-state index contributed by atoms with van der Waals surface area (Å²) in [5, 5.41) is 1.14. The van der Waals surface area contributed by atoms with E-state index in [0.29, 0.717) is 5.88 Å². The van der Waals surface area contributed by atoms with Crippen LogP contribution in [-0.2, 0) is 5.88 Å². The second kappa shape index (κ2) is 3.40. The summed E-state index contributed by atoms with van der Waals surface area (Å²) < 4.78 is 1.15. The first kappa shape index (κ1) is 9.19. The molecule has 0 spiro atoms. The predicted octanol–water partition coefficient (Wildman–Crippen LogP) is 3.51. The first-order valence-corrected chi connectivity index (χ1v) is 5.58.